The van der Waals surface area contributed by atoms with Gasteiger partial charge in [-0.25, -0.2) is 13.2 Å². The Morgan fingerprint density at radius 2 is 2.00 bits per heavy atom. The van der Waals surface area contributed by atoms with Crippen molar-refractivity contribution >= 4 is 27.6 Å². The van der Waals surface area contributed by atoms with E-state index in [0.717, 1.165) is 11.4 Å². The average molecular weight is 421 g/mol. The summed E-state index contributed by atoms with van der Waals surface area (Å²) in [6, 6.07) is 1.78. The van der Waals surface area contributed by atoms with Crippen molar-refractivity contribution in [2.45, 2.75) is 20.4 Å². The smallest absolute Gasteiger partial charge is 0.340 e. The number of methoxy groups -OCH3 is 1. The Hall–Kier alpha value is -2.72. The summed E-state index contributed by atoms with van der Waals surface area (Å²) in [5.41, 5.74) is 2.46. The summed E-state index contributed by atoms with van der Waals surface area (Å²) in [6.07, 6.45) is 4.36. The number of amidine groups is 1. The Labute approximate surface area is 169 Å². The SMILES string of the molecule is COCCn1c(C)cc(C(=O)COC(=O)C2=CN3CCS(=O)(=O)N=C3C=C2)c1C. The van der Waals surface area contributed by atoms with E-state index in [9.17, 15) is 18.0 Å². The number of nitrogens with zero attached hydrogens (tertiary/aromatic N) is 3. The van der Waals surface area contributed by atoms with Gasteiger partial charge in [0.1, 0.15) is 5.84 Å². The number of ether oxygens (including phenoxy) is 2. The number of rotatable bonds is 7. The number of esters is 1. The molecule has 0 saturated heterocycles. The summed E-state index contributed by atoms with van der Waals surface area (Å²) in [5.74, 6) is -0.815. The first-order valence-corrected chi connectivity index (χ1v) is 10.7. The minimum absolute atomic E-state index is 0.125. The van der Waals surface area contributed by atoms with Crippen LogP contribution >= 0.6 is 0 Å². The highest BCUT2D eigenvalue weighted by atomic mass is 32.2. The van der Waals surface area contributed by atoms with E-state index in [4.69, 9.17) is 9.47 Å². The van der Waals surface area contributed by atoms with Crippen molar-refractivity contribution in [1.29, 1.82) is 0 Å². The van der Waals surface area contributed by atoms with Gasteiger partial charge in [0.2, 0.25) is 5.78 Å². The summed E-state index contributed by atoms with van der Waals surface area (Å²) in [4.78, 5) is 26.4. The topological polar surface area (TPSA) is 107 Å². The predicted octanol–water partition coefficient (Wildman–Crippen LogP) is 0.975. The molecule has 0 bridgehead atoms. The van der Waals surface area contributed by atoms with Crippen molar-refractivity contribution in [2.24, 2.45) is 4.40 Å². The molecule has 0 amide bonds. The third kappa shape index (κ3) is 4.65. The van der Waals surface area contributed by atoms with Crippen molar-refractivity contribution in [1.82, 2.24) is 9.47 Å². The van der Waals surface area contributed by atoms with Gasteiger partial charge in [-0.05, 0) is 32.1 Å². The quantitative estimate of drug-likeness (QED) is 0.477. The van der Waals surface area contributed by atoms with E-state index in [1.807, 2.05) is 18.4 Å². The van der Waals surface area contributed by atoms with Crippen LogP contribution in [-0.2, 0) is 30.8 Å². The molecule has 2 aliphatic rings. The number of Topliss-reactive ketones (excluding diaryl/α,β-unsaturated/α-hetero) is 1. The van der Waals surface area contributed by atoms with E-state index in [1.54, 1.807) is 18.1 Å². The van der Waals surface area contributed by atoms with Crippen LogP contribution in [0.3, 0.4) is 0 Å². The van der Waals surface area contributed by atoms with Crippen LogP contribution in [0.2, 0.25) is 0 Å². The fourth-order valence-corrected chi connectivity index (χ4v) is 4.19. The number of aromatic nitrogens is 1. The first-order valence-electron chi connectivity index (χ1n) is 9.07. The first-order chi connectivity index (χ1) is 13.7. The lowest BCUT2D eigenvalue weighted by Gasteiger charge is -2.26. The molecule has 10 heteroatoms. The Bertz CT molecular complexity index is 1030. The molecule has 156 valence electrons. The van der Waals surface area contributed by atoms with Crippen molar-refractivity contribution in [3.8, 4) is 0 Å². The number of hydrogen-bond acceptors (Lipinski definition) is 7. The molecule has 0 atom stereocenters. The number of fused-ring (bicyclic) bond motifs is 1. The second-order valence-corrected chi connectivity index (χ2v) is 8.53. The summed E-state index contributed by atoms with van der Waals surface area (Å²) < 4.78 is 39.0. The van der Waals surface area contributed by atoms with Gasteiger partial charge in [0.15, 0.2) is 6.61 Å². The molecular formula is C19H23N3O6S. The number of sulfonamides is 1. The van der Waals surface area contributed by atoms with E-state index < -0.39 is 16.0 Å². The Morgan fingerprint density at radius 3 is 2.72 bits per heavy atom. The first kappa shape index (κ1) is 21.0. The van der Waals surface area contributed by atoms with Gasteiger partial charge < -0.3 is 18.9 Å². The fourth-order valence-electron chi connectivity index (χ4n) is 3.22. The van der Waals surface area contributed by atoms with Crippen LogP contribution in [-0.4, -0.2) is 68.1 Å². The molecule has 3 rings (SSSR count). The summed E-state index contributed by atoms with van der Waals surface area (Å²) in [6.45, 7) is 4.73. The van der Waals surface area contributed by atoms with E-state index in [0.29, 0.717) is 18.7 Å². The Kier molecular flexibility index (Phi) is 6.04. The van der Waals surface area contributed by atoms with Gasteiger partial charge in [-0.2, -0.15) is 0 Å². The van der Waals surface area contributed by atoms with Gasteiger partial charge in [-0.15, -0.1) is 4.40 Å². The molecule has 9 nitrogen and oxygen atoms in total. The lowest BCUT2D eigenvalue weighted by molar-refractivity contribution is -0.137. The van der Waals surface area contributed by atoms with Crippen molar-refractivity contribution in [3.05, 3.63) is 46.9 Å². The van der Waals surface area contributed by atoms with Gasteiger partial charge in [-0.3, -0.25) is 4.79 Å². The van der Waals surface area contributed by atoms with Crippen LogP contribution < -0.4 is 0 Å². The number of aryl methyl sites for hydroxylation is 1. The molecule has 0 spiro atoms. The molecule has 0 N–H and O–H groups in total. The van der Waals surface area contributed by atoms with E-state index >= 15 is 0 Å². The van der Waals surface area contributed by atoms with E-state index in [1.165, 1.54) is 18.4 Å². The molecule has 0 unspecified atom stereocenters. The van der Waals surface area contributed by atoms with E-state index in [2.05, 4.69) is 4.40 Å². The Morgan fingerprint density at radius 1 is 1.24 bits per heavy atom. The maximum atomic E-state index is 12.5. The van der Waals surface area contributed by atoms with Gasteiger partial charge in [0.25, 0.3) is 10.0 Å². The van der Waals surface area contributed by atoms with Crippen LogP contribution in [0, 0.1) is 13.8 Å². The van der Waals surface area contributed by atoms with Gasteiger partial charge in [0, 0.05) is 43.4 Å². The molecule has 29 heavy (non-hydrogen) atoms. The van der Waals surface area contributed by atoms with Crippen LogP contribution in [0.25, 0.3) is 0 Å². The predicted molar refractivity (Wildman–Crippen MR) is 106 cm³/mol. The molecule has 1 aromatic heterocycles. The highest BCUT2D eigenvalue weighted by Crippen LogP contribution is 2.18. The minimum atomic E-state index is -3.46. The molecule has 2 aliphatic heterocycles. The van der Waals surface area contributed by atoms with Crippen LogP contribution in [0.4, 0.5) is 0 Å². The molecule has 0 radical (unpaired) electrons. The number of hydrogen-bond donors (Lipinski definition) is 0. The monoisotopic (exact) mass is 421 g/mol. The highest BCUT2D eigenvalue weighted by Gasteiger charge is 2.26. The highest BCUT2D eigenvalue weighted by molar-refractivity contribution is 7.90. The zero-order valence-electron chi connectivity index (χ0n) is 16.5. The van der Waals surface area contributed by atoms with Crippen molar-refractivity contribution in [3.63, 3.8) is 0 Å². The van der Waals surface area contributed by atoms with Gasteiger partial charge in [0.05, 0.1) is 17.9 Å². The van der Waals surface area contributed by atoms with Crippen LogP contribution in [0.1, 0.15) is 21.7 Å². The van der Waals surface area contributed by atoms with E-state index in [-0.39, 0.29) is 36.1 Å². The number of ketones is 1. The largest absolute Gasteiger partial charge is 0.454 e. The van der Waals surface area contributed by atoms with Gasteiger partial charge in [-0.1, -0.05) is 0 Å². The zero-order chi connectivity index (χ0) is 21.2. The molecule has 0 saturated carbocycles. The van der Waals surface area contributed by atoms with Crippen LogP contribution in [0.15, 0.2) is 34.4 Å². The van der Waals surface area contributed by atoms with Gasteiger partial charge >= 0.3 is 5.97 Å². The lowest BCUT2D eigenvalue weighted by Crippen LogP contribution is -2.37. The second kappa shape index (κ2) is 8.34. The molecule has 3 heterocycles. The summed E-state index contributed by atoms with van der Waals surface area (Å²) in [5, 5.41) is 0. The third-order valence-electron chi connectivity index (χ3n) is 4.79. The molecule has 0 aliphatic carbocycles. The normalized spacial score (nSPS) is 17.4. The fraction of sp³-hybridized carbons (Fsp3) is 0.421. The minimum Gasteiger partial charge on any atom is -0.454 e. The Balaban J connectivity index is 1.64. The molecule has 0 fully saturated rings. The number of carbonyl (C=O) groups excluding carboxylic acids is 2. The maximum Gasteiger partial charge on any atom is 0.340 e. The standard InChI is InChI=1S/C19H23N3O6S/c1-13-10-16(14(2)22(13)6-8-27-3)17(23)12-28-19(24)15-4-5-18-20-29(25,26)9-7-21(18)11-15/h4-5,10-11H,6-9,12H2,1-3H3. The second-order valence-electron chi connectivity index (χ2n) is 6.78. The lowest BCUT2D eigenvalue weighted by atomic mass is 10.1. The third-order valence-corrected chi connectivity index (χ3v) is 5.95. The van der Waals surface area contributed by atoms with Crippen molar-refractivity contribution < 1.29 is 27.5 Å². The zero-order valence-corrected chi connectivity index (χ0v) is 17.4. The van der Waals surface area contributed by atoms with Crippen LogP contribution in [0.5, 0.6) is 0 Å². The molecule has 0 aromatic carbocycles. The molecular weight excluding hydrogens is 398 g/mol. The molecule has 1 aromatic rings. The summed E-state index contributed by atoms with van der Waals surface area (Å²) in [7, 11) is -1.84. The maximum absolute atomic E-state index is 12.5. The summed E-state index contributed by atoms with van der Waals surface area (Å²) >= 11 is 0. The average Bonchev–Trinajstić information content (AvgIpc) is 2.97. The van der Waals surface area contributed by atoms with Crippen molar-refractivity contribution in [2.75, 3.05) is 32.6 Å². The number of carbonyl (C=O) groups is 2.